The van der Waals surface area contributed by atoms with Crippen LogP contribution in [0.2, 0.25) is 5.02 Å². The molecule has 2 aromatic rings. The van der Waals surface area contributed by atoms with Crippen LogP contribution in [0.25, 0.3) is 0 Å². The number of Topliss-reactive ketones (excluding diaryl/α,β-unsaturated/α-hetero) is 1. The zero-order chi connectivity index (χ0) is 14.7. The van der Waals surface area contributed by atoms with Gasteiger partial charge in [-0.3, -0.25) is 4.79 Å². The number of aromatic hydroxyl groups is 1. The van der Waals surface area contributed by atoms with Gasteiger partial charge in [-0.2, -0.15) is 0 Å². The van der Waals surface area contributed by atoms with E-state index >= 15 is 0 Å². The molecule has 0 aromatic heterocycles. The van der Waals surface area contributed by atoms with Crippen molar-refractivity contribution in [1.29, 1.82) is 0 Å². The highest BCUT2D eigenvalue weighted by atomic mass is 79.9. The van der Waals surface area contributed by atoms with E-state index in [4.69, 9.17) is 11.6 Å². The summed E-state index contributed by atoms with van der Waals surface area (Å²) in [6, 6.07) is 14.0. The molecule has 0 spiro atoms. The van der Waals surface area contributed by atoms with Gasteiger partial charge in [-0.05, 0) is 23.8 Å². The number of rotatable bonds is 4. The lowest BCUT2D eigenvalue weighted by Crippen LogP contribution is -2.19. The van der Waals surface area contributed by atoms with Crippen LogP contribution in [0.4, 0.5) is 0 Å². The average molecular weight is 419 g/mol. The lowest BCUT2D eigenvalue weighted by atomic mass is 10.0. The highest BCUT2D eigenvalue weighted by molar-refractivity contribution is 9.12. The van der Waals surface area contributed by atoms with E-state index in [9.17, 15) is 9.90 Å². The number of benzene rings is 2. The van der Waals surface area contributed by atoms with Crippen molar-refractivity contribution in [2.45, 2.75) is 9.65 Å². The molecule has 2 rings (SSSR count). The van der Waals surface area contributed by atoms with Gasteiger partial charge in [0.1, 0.15) is 5.75 Å². The summed E-state index contributed by atoms with van der Waals surface area (Å²) in [7, 11) is 0. The molecule has 0 saturated carbocycles. The average Bonchev–Trinajstić information content (AvgIpc) is 2.48. The Labute approximate surface area is 139 Å². The minimum Gasteiger partial charge on any atom is -0.507 e. The fourth-order valence-electron chi connectivity index (χ4n) is 1.79. The Balaban J connectivity index is 2.27. The van der Waals surface area contributed by atoms with Gasteiger partial charge in [0.15, 0.2) is 5.78 Å². The summed E-state index contributed by atoms with van der Waals surface area (Å²) in [5, 5.41) is 10.2. The van der Waals surface area contributed by atoms with E-state index < -0.39 is 4.83 Å². The third kappa shape index (κ3) is 3.43. The van der Waals surface area contributed by atoms with Crippen LogP contribution in [0.15, 0.2) is 48.5 Å². The van der Waals surface area contributed by atoms with Crippen LogP contribution in [0.5, 0.6) is 5.75 Å². The number of carbonyl (C=O) groups excluding carboxylic acids is 1. The highest BCUT2D eigenvalue weighted by Gasteiger charge is 2.27. The van der Waals surface area contributed by atoms with Crippen molar-refractivity contribution < 1.29 is 9.90 Å². The van der Waals surface area contributed by atoms with Gasteiger partial charge in [-0.25, -0.2) is 0 Å². The Bertz CT molecular complexity index is 617. The second kappa shape index (κ2) is 6.74. The Kier molecular flexibility index (Phi) is 5.24. The number of hydrogen-bond donors (Lipinski definition) is 1. The van der Waals surface area contributed by atoms with E-state index in [2.05, 4.69) is 31.9 Å². The Morgan fingerprint density at radius 2 is 1.75 bits per heavy atom. The van der Waals surface area contributed by atoms with Crippen molar-refractivity contribution in [3.8, 4) is 5.75 Å². The largest absolute Gasteiger partial charge is 0.507 e. The van der Waals surface area contributed by atoms with Crippen LogP contribution < -0.4 is 0 Å². The van der Waals surface area contributed by atoms with E-state index in [0.29, 0.717) is 5.02 Å². The lowest BCUT2D eigenvalue weighted by molar-refractivity contribution is 0.0988. The number of phenolic OH excluding ortho intramolecular Hbond substituents is 1. The minimum absolute atomic E-state index is 0.0726. The standard InChI is InChI=1S/C15H11Br2ClO2/c16-13(9-4-2-1-3-5-9)14(17)15(20)11-8-10(18)6-7-12(11)19/h1-8,13-14,19H/t13-,14-/m1/s1. The third-order valence-electron chi connectivity index (χ3n) is 2.85. The molecule has 5 heteroatoms. The first-order valence-electron chi connectivity index (χ1n) is 5.86. The van der Waals surface area contributed by atoms with Gasteiger partial charge < -0.3 is 5.11 Å². The zero-order valence-corrected chi connectivity index (χ0v) is 14.2. The fraction of sp³-hybridized carbons (Fsp3) is 0.133. The van der Waals surface area contributed by atoms with Crippen molar-refractivity contribution >= 4 is 49.2 Å². The van der Waals surface area contributed by atoms with Gasteiger partial charge in [-0.15, -0.1) is 0 Å². The number of carbonyl (C=O) groups is 1. The minimum atomic E-state index is -0.505. The first-order chi connectivity index (χ1) is 9.50. The highest BCUT2D eigenvalue weighted by Crippen LogP contribution is 2.35. The van der Waals surface area contributed by atoms with Crippen LogP contribution in [-0.4, -0.2) is 15.7 Å². The molecule has 0 aliphatic carbocycles. The van der Waals surface area contributed by atoms with Gasteiger partial charge in [0.2, 0.25) is 0 Å². The van der Waals surface area contributed by atoms with Crippen LogP contribution in [0, 0.1) is 0 Å². The summed E-state index contributed by atoms with van der Waals surface area (Å²) in [6.07, 6.45) is 0. The number of hydrogen-bond acceptors (Lipinski definition) is 2. The molecule has 0 radical (unpaired) electrons. The molecule has 0 aliphatic heterocycles. The first kappa shape index (κ1) is 15.5. The Morgan fingerprint density at radius 1 is 1.10 bits per heavy atom. The van der Waals surface area contributed by atoms with Gasteiger partial charge >= 0.3 is 0 Å². The Morgan fingerprint density at radius 3 is 2.40 bits per heavy atom. The molecule has 104 valence electrons. The number of phenols is 1. The summed E-state index contributed by atoms with van der Waals surface area (Å²) < 4.78 is 0. The smallest absolute Gasteiger partial charge is 0.181 e. The summed E-state index contributed by atoms with van der Waals surface area (Å²) >= 11 is 12.8. The van der Waals surface area contributed by atoms with Gasteiger partial charge in [0, 0.05) is 5.02 Å². The van der Waals surface area contributed by atoms with Crippen LogP contribution >= 0.6 is 43.5 Å². The second-order valence-electron chi connectivity index (χ2n) is 4.24. The molecule has 2 atom stereocenters. The van der Waals surface area contributed by atoms with Gasteiger partial charge in [0.25, 0.3) is 0 Å². The normalized spacial score (nSPS) is 13.8. The fourth-order valence-corrected chi connectivity index (χ4v) is 3.06. The van der Waals surface area contributed by atoms with Crippen molar-refractivity contribution in [1.82, 2.24) is 0 Å². The lowest BCUT2D eigenvalue weighted by Gasteiger charge is -2.17. The molecule has 0 heterocycles. The predicted molar refractivity (Wildman–Crippen MR) is 88.3 cm³/mol. The molecular weight excluding hydrogens is 407 g/mol. The van der Waals surface area contributed by atoms with Crippen LogP contribution in [0.3, 0.4) is 0 Å². The maximum absolute atomic E-state index is 12.4. The first-order valence-corrected chi connectivity index (χ1v) is 8.07. The molecule has 0 saturated heterocycles. The van der Waals surface area contributed by atoms with Crippen molar-refractivity contribution in [3.63, 3.8) is 0 Å². The predicted octanol–water partition coefficient (Wildman–Crippen LogP) is 5.13. The Hall–Kier alpha value is -0.840. The molecule has 0 amide bonds. The van der Waals surface area contributed by atoms with Crippen molar-refractivity contribution in [2.75, 3.05) is 0 Å². The number of alkyl halides is 2. The van der Waals surface area contributed by atoms with Crippen molar-refractivity contribution in [2.24, 2.45) is 0 Å². The molecule has 0 fully saturated rings. The second-order valence-corrected chi connectivity index (χ2v) is 6.65. The number of halogens is 3. The SMILES string of the molecule is O=C(c1cc(Cl)ccc1O)[C@H](Br)[C@H](Br)c1ccccc1. The quantitative estimate of drug-likeness (QED) is 0.552. The summed E-state index contributed by atoms with van der Waals surface area (Å²) in [5.41, 5.74) is 1.18. The van der Waals surface area contributed by atoms with E-state index in [0.717, 1.165) is 5.56 Å². The third-order valence-corrected chi connectivity index (χ3v) is 5.80. The summed E-state index contributed by atoms with van der Waals surface area (Å²) in [4.78, 5) is 11.7. The molecule has 0 bridgehead atoms. The van der Waals surface area contributed by atoms with Crippen LogP contribution in [-0.2, 0) is 0 Å². The molecule has 2 nitrogen and oxygen atoms in total. The maximum atomic E-state index is 12.4. The molecule has 0 unspecified atom stereocenters. The molecular formula is C15H11Br2ClO2. The molecule has 1 N–H and O–H groups in total. The van der Waals surface area contributed by atoms with Crippen LogP contribution in [0.1, 0.15) is 20.7 Å². The van der Waals surface area contributed by atoms with E-state index in [1.807, 2.05) is 30.3 Å². The molecule has 20 heavy (non-hydrogen) atoms. The zero-order valence-electron chi connectivity index (χ0n) is 10.3. The number of ketones is 1. The topological polar surface area (TPSA) is 37.3 Å². The summed E-state index contributed by atoms with van der Waals surface area (Å²) in [5.74, 6) is -0.299. The van der Waals surface area contributed by atoms with Crippen molar-refractivity contribution in [3.05, 3.63) is 64.7 Å². The van der Waals surface area contributed by atoms with E-state index in [1.165, 1.54) is 12.1 Å². The monoisotopic (exact) mass is 416 g/mol. The van der Waals surface area contributed by atoms with E-state index in [1.54, 1.807) is 6.07 Å². The molecule has 2 aromatic carbocycles. The molecule has 0 aliphatic rings. The van der Waals surface area contributed by atoms with Gasteiger partial charge in [0.05, 0.1) is 15.2 Å². The van der Waals surface area contributed by atoms with Gasteiger partial charge in [-0.1, -0.05) is 73.8 Å². The maximum Gasteiger partial charge on any atom is 0.181 e. The summed E-state index contributed by atoms with van der Waals surface area (Å²) in [6.45, 7) is 0. The van der Waals surface area contributed by atoms with E-state index in [-0.39, 0.29) is 21.9 Å².